The van der Waals surface area contributed by atoms with E-state index in [1.54, 1.807) is 0 Å². The van der Waals surface area contributed by atoms with Gasteiger partial charge in [-0.2, -0.15) is 0 Å². The molecule has 3 nitrogen and oxygen atoms in total. The summed E-state index contributed by atoms with van der Waals surface area (Å²) in [6.45, 7) is 0. The molecule has 1 radical (unpaired) electrons. The van der Waals surface area contributed by atoms with Crippen molar-refractivity contribution >= 4 is 7.91 Å². The third kappa shape index (κ3) is 112. The van der Waals surface area contributed by atoms with E-state index in [0.717, 1.165) is 0 Å². The SMILES string of the molecule is O=P(O)(O)F.[H-].[H-].[Li+].[Li+].[Mn]. The van der Waals surface area contributed by atoms with Gasteiger partial charge < -0.3 is 2.85 Å². The Hall–Kier alpha value is 1.79. The zero-order chi connectivity index (χ0) is 4.50. The van der Waals surface area contributed by atoms with Gasteiger partial charge in [-0.3, -0.25) is 9.79 Å². The first-order valence-electron chi connectivity index (χ1n) is 0.752. The fraction of sp³-hybridized carbons (Fsp3) is 0. The van der Waals surface area contributed by atoms with Crippen LogP contribution in [0, 0.1) is 0 Å². The normalized spacial score (nSPS) is 7.38. The molecule has 0 aromatic carbocycles. The monoisotopic (exact) mass is 171 g/mol. The van der Waals surface area contributed by atoms with Crippen LogP contribution >= 0.6 is 7.91 Å². The second-order valence-corrected chi connectivity index (χ2v) is 1.42. The van der Waals surface area contributed by atoms with E-state index in [1.807, 2.05) is 0 Å². The van der Waals surface area contributed by atoms with Gasteiger partial charge in [-0.25, -0.2) is 4.57 Å². The summed E-state index contributed by atoms with van der Waals surface area (Å²) in [7, 11) is -5.14. The predicted octanol–water partition coefficient (Wildman–Crippen LogP) is -5.72. The Kier molecular flexibility index (Phi) is 24.8. The second-order valence-electron chi connectivity index (χ2n) is 0.473. The molecule has 8 heavy (non-hydrogen) atoms. The van der Waals surface area contributed by atoms with Crippen LogP contribution in [-0.2, 0) is 21.6 Å². The number of hydrogen-bond acceptors (Lipinski definition) is 1. The summed E-state index contributed by atoms with van der Waals surface area (Å²) in [5.41, 5.74) is 0. The van der Waals surface area contributed by atoms with Crippen molar-refractivity contribution in [2.75, 3.05) is 0 Å². The largest absolute Gasteiger partial charge is 1.00 e. The molecular weight excluding hydrogens is 167 g/mol. The fourth-order valence-corrected chi connectivity index (χ4v) is 0. The van der Waals surface area contributed by atoms with Crippen LogP contribution in [0.5, 0.6) is 0 Å². The van der Waals surface area contributed by atoms with Crippen LogP contribution in [0.3, 0.4) is 0 Å². The summed E-state index contributed by atoms with van der Waals surface area (Å²) in [6.07, 6.45) is 0. The average molecular weight is 171 g/mol. The summed E-state index contributed by atoms with van der Waals surface area (Å²) in [4.78, 5) is 13.9. The molecule has 0 bridgehead atoms. The van der Waals surface area contributed by atoms with Gasteiger partial charge in [0, 0.05) is 17.1 Å². The van der Waals surface area contributed by atoms with Crippen molar-refractivity contribution in [2.45, 2.75) is 0 Å². The zero-order valence-electron chi connectivity index (χ0n) is 6.51. The number of rotatable bonds is 0. The van der Waals surface area contributed by atoms with Crippen molar-refractivity contribution in [2.24, 2.45) is 0 Å². The minimum absolute atomic E-state index is 0. The van der Waals surface area contributed by atoms with Crippen molar-refractivity contribution in [3.63, 3.8) is 0 Å². The van der Waals surface area contributed by atoms with E-state index in [-0.39, 0.29) is 57.6 Å². The maximum atomic E-state index is 10.4. The molecule has 0 aromatic heterocycles. The summed E-state index contributed by atoms with van der Waals surface area (Å²) >= 11 is 0. The molecular formula is H4FLi2MnO3P. The van der Waals surface area contributed by atoms with E-state index < -0.39 is 7.91 Å². The molecule has 0 unspecified atom stereocenters. The van der Waals surface area contributed by atoms with Gasteiger partial charge >= 0.3 is 45.6 Å². The maximum Gasteiger partial charge on any atom is 1.00 e. The first-order chi connectivity index (χ1) is 2.00. The van der Waals surface area contributed by atoms with E-state index >= 15 is 0 Å². The third-order valence-electron chi connectivity index (χ3n) is 0. The van der Waals surface area contributed by atoms with Crippen LogP contribution in [0.2, 0.25) is 0 Å². The molecule has 0 heterocycles. The van der Waals surface area contributed by atoms with Crippen LogP contribution < -0.4 is 37.7 Å². The maximum absolute atomic E-state index is 10.4. The Balaban J connectivity index is -0.00000000800. The van der Waals surface area contributed by atoms with Gasteiger partial charge in [0.05, 0.1) is 0 Å². The van der Waals surface area contributed by atoms with Crippen molar-refractivity contribution in [3.8, 4) is 0 Å². The van der Waals surface area contributed by atoms with Crippen LogP contribution in [0.25, 0.3) is 0 Å². The van der Waals surface area contributed by atoms with E-state index in [0.29, 0.717) is 0 Å². The Morgan fingerprint density at radius 3 is 1.38 bits per heavy atom. The Bertz CT molecular complexity index is 70.6. The van der Waals surface area contributed by atoms with E-state index in [2.05, 4.69) is 0 Å². The van der Waals surface area contributed by atoms with Crippen molar-refractivity contribution in [1.82, 2.24) is 0 Å². The Labute approximate surface area is 83.9 Å². The van der Waals surface area contributed by atoms with Gasteiger partial charge in [0.25, 0.3) is 0 Å². The van der Waals surface area contributed by atoms with Crippen molar-refractivity contribution < 1.29 is 76.2 Å². The summed E-state index contributed by atoms with van der Waals surface area (Å²) in [5, 5.41) is 0. The Morgan fingerprint density at radius 1 is 1.38 bits per heavy atom. The van der Waals surface area contributed by atoms with E-state index in [9.17, 15) is 4.20 Å². The van der Waals surface area contributed by atoms with Crippen LogP contribution in [0.4, 0.5) is 4.20 Å². The average Bonchev–Trinajstić information content (AvgIpc) is 0.722. The molecule has 43 valence electrons. The van der Waals surface area contributed by atoms with Gasteiger partial charge in [-0.1, -0.05) is 0 Å². The summed E-state index contributed by atoms with van der Waals surface area (Å²) < 4.78 is 19.0. The molecule has 0 rings (SSSR count). The number of halogens is 1. The van der Waals surface area contributed by atoms with Crippen molar-refractivity contribution in [3.05, 3.63) is 0 Å². The van der Waals surface area contributed by atoms with Gasteiger partial charge in [0.1, 0.15) is 0 Å². The van der Waals surface area contributed by atoms with Crippen LogP contribution in [0.15, 0.2) is 0 Å². The van der Waals surface area contributed by atoms with Gasteiger partial charge in [-0.05, 0) is 0 Å². The molecule has 0 atom stereocenters. The third-order valence-corrected chi connectivity index (χ3v) is 0. The van der Waals surface area contributed by atoms with Gasteiger partial charge in [0.15, 0.2) is 0 Å². The summed E-state index contributed by atoms with van der Waals surface area (Å²) in [6, 6.07) is 0. The standard InChI is InChI=1S/FH2O3P.2Li.Mn.2H/c1-5(2,3)4;;;;;/h(H2,2,3,4);;;;;/q;2*+1;;2*-1. The van der Waals surface area contributed by atoms with Gasteiger partial charge in [-0.15, -0.1) is 4.20 Å². The zero-order valence-corrected chi connectivity index (χ0v) is 6.58. The van der Waals surface area contributed by atoms with Crippen LogP contribution in [-0.4, -0.2) is 9.79 Å². The predicted molar refractivity (Wildman–Crippen MR) is 15.4 cm³/mol. The molecule has 0 aliphatic carbocycles. The molecule has 8 heteroatoms. The van der Waals surface area contributed by atoms with Crippen LogP contribution in [0.1, 0.15) is 2.85 Å². The molecule has 2 N–H and O–H groups in total. The molecule has 0 spiro atoms. The van der Waals surface area contributed by atoms with E-state index in [1.165, 1.54) is 0 Å². The quantitative estimate of drug-likeness (QED) is 0.282. The first kappa shape index (κ1) is 22.6. The second kappa shape index (κ2) is 8.79. The fourth-order valence-electron chi connectivity index (χ4n) is 0. The van der Waals surface area contributed by atoms with Gasteiger partial charge in [0.2, 0.25) is 0 Å². The smallest absolute Gasteiger partial charge is 1.00 e. The molecule has 0 aliphatic rings. The molecule has 0 aromatic rings. The minimum Gasteiger partial charge on any atom is -1.00 e. The van der Waals surface area contributed by atoms with Crippen molar-refractivity contribution in [1.29, 1.82) is 0 Å². The molecule has 0 saturated heterocycles. The van der Waals surface area contributed by atoms with E-state index in [4.69, 9.17) is 14.4 Å². The molecule has 0 fully saturated rings. The molecule has 0 aliphatic heterocycles. The summed E-state index contributed by atoms with van der Waals surface area (Å²) in [5.74, 6) is 0. The topological polar surface area (TPSA) is 57.5 Å². The minimum atomic E-state index is -5.14. The first-order valence-corrected chi connectivity index (χ1v) is 2.25. The molecule has 0 saturated carbocycles. The Morgan fingerprint density at radius 2 is 1.38 bits per heavy atom. The number of hydrogen-bond donors (Lipinski definition) is 2. The molecule has 0 amide bonds.